The Morgan fingerprint density at radius 3 is 1.35 bits per heavy atom. The molecule has 0 aromatic rings. The lowest BCUT2D eigenvalue weighted by atomic mass is 9.90. The maximum absolute atomic E-state index is 12.8. The highest BCUT2D eigenvalue weighted by molar-refractivity contribution is 5.70. The molecule has 0 N–H and O–H groups in total. The fraction of sp³-hybridized carbons (Fsp3) is 0.679. The minimum Gasteiger partial charge on any atom is -0.465 e. The number of carbonyl (C=O) groups excluding carboxylic acids is 5. The Bertz CT molecular complexity index is 1410. The van der Waals surface area contributed by atoms with E-state index in [0.29, 0.717) is 12.8 Å². The van der Waals surface area contributed by atoms with Gasteiger partial charge >= 0.3 is 29.8 Å². The predicted octanol–water partition coefficient (Wildman–Crippen LogP) is 11.7. The van der Waals surface area contributed by atoms with Crippen LogP contribution in [-0.2, 0) is 57.1 Å². The minimum absolute atomic E-state index is 0.0876. The van der Waals surface area contributed by atoms with Gasteiger partial charge in [0.1, 0.15) is 18.8 Å². The molecule has 0 bridgehead atoms. The Morgan fingerprint density at radius 2 is 0.908 bits per heavy atom. The second-order valence-corrected chi connectivity index (χ2v) is 16.6. The predicted molar refractivity (Wildman–Crippen MR) is 255 cm³/mol. The molecule has 1 heterocycles. The zero-order valence-electron chi connectivity index (χ0n) is 40.8. The summed E-state index contributed by atoms with van der Waals surface area (Å²) >= 11 is 0. The summed E-state index contributed by atoms with van der Waals surface area (Å²) in [6, 6.07) is 0. The van der Waals surface area contributed by atoms with Gasteiger partial charge in [0.2, 0.25) is 0 Å². The largest absolute Gasteiger partial charge is 0.465 e. The van der Waals surface area contributed by atoms with E-state index in [2.05, 4.69) is 86.8 Å². The normalized spacial score (nSPS) is 19.1. The van der Waals surface area contributed by atoms with E-state index in [-0.39, 0.29) is 51.2 Å². The monoisotopic (exact) mass is 913 g/mol. The lowest BCUT2D eigenvalue weighted by Crippen LogP contribution is -2.58. The summed E-state index contributed by atoms with van der Waals surface area (Å²) in [6.07, 6.45) is 40.5. The van der Waals surface area contributed by atoms with Gasteiger partial charge in [-0.3, -0.25) is 24.0 Å². The number of carbonyl (C=O) groups is 5. The zero-order chi connectivity index (χ0) is 47.8. The highest BCUT2D eigenvalue weighted by Crippen LogP contribution is 2.32. The first kappa shape index (κ1) is 58.7. The number of hydrogen-bond donors (Lipinski definition) is 0. The third kappa shape index (κ3) is 32.9. The lowest BCUT2D eigenvalue weighted by molar-refractivity contribution is -0.297. The number of esters is 5. The van der Waals surface area contributed by atoms with Crippen molar-refractivity contribution in [2.75, 3.05) is 26.4 Å². The summed E-state index contributed by atoms with van der Waals surface area (Å²) in [5.74, 6) is -3.63. The van der Waals surface area contributed by atoms with Crippen molar-refractivity contribution in [1.82, 2.24) is 0 Å². The second-order valence-electron chi connectivity index (χ2n) is 16.6. The third-order valence-electron chi connectivity index (χ3n) is 10.6. The van der Waals surface area contributed by atoms with Crippen LogP contribution in [0.4, 0.5) is 0 Å². The molecule has 0 aromatic carbocycles. The first-order valence-electron chi connectivity index (χ1n) is 24.4. The molecule has 0 radical (unpaired) electrons. The van der Waals surface area contributed by atoms with E-state index in [4.69, 9.17) is 33.2 Å². The van der Waals surface area contributed by atoms with Crippen LogP contribution >= 0.6 is 0 Å². The van der Waals surface area contributed by atoms with Gasteiger partial charge in [-0.15, -0.1) is 0 Å². The summed E-state index contributed by atoms with van der Waals surface area (Å²) in [6.45, 7) is 9.28. The van der Waals surface area contributed by atoms with Crippen molar-refractivity contribution in [3.8, 4) is 0 Å². The fourth-order valence-electron chi connectivity index (χ4n) is 6.96. The van der Waals surface area contributed by atoms with Crippen molar-refractivity contribution < 1.29 is 57.1 Å². The molecule has 12 nitrogen and oxygen atoms in total. The first-order valence-corrected chi connectivity index (χ1v) is 24.4. The van der Waals surface area contributed by atoms with Crippen molar-refractivity contribution in [2.45, 2.75) is 195 Å². The summed E-state index contributed by atoms with van der Waals surface area (Å²) in [5.41, 5.74) is 0. The van der Waals surface area contributed by atoms with Crippen molar-refractivity contribution in [2.24, 2.45) is 11.8 Å². The van der Waals surface area contributed by atoms with E-state index in [0.717, 1.165) is 103 Å². The van der Waals surface area contributed by atoms with Gasteiger partial charge in [-0.05, 0) is 77.0 Å². The topological polar surface area (TPSA) is 150 Å². The SMILES string of the molecule is CC/C=C\C/C=C\C/C=C\CCCCCCCC(=O)OCC(COC(=O)CCCCCCC/C=C\C/C=C\C/C=C\CC)CO[C@@H]1O[C@H](COC(C)=O)[C@@H](C)[C@H](OC(C)=O)[C@H]1OC(C)=O. The number of ether oxygens (including phenoxy) is 7. The van der Waals surface area contributed by atoms with Gasteiger partial charge in [0, 0.05) is 39.5 Å². The Hall–Kier alpha value is -4.29. The average Bonchev–Trinajstić information content (AvgIpc) is 3.27. The number of rotatable bonds is 37. The lowest BCUT2D eigenvalue weighted by Gasteiger charge is -2.44. The van der Waals surface area contributed by atoms with Gasteiger partial charge in [0.05, 0.1) is 25.7 Å². The quantitative estimate of drug-likeness (QED) is 0.0253. The summed E-state index contributed by atoms with van der Waals surface area (Å²) < 4.78 is 40.0. The molecule has 0 spiro atoms. The fourth-order valence-corrected chi connectivity index (χ4v) is 6.96. The molecule has 65 heavy (non-hydrogen) atoms. The smallest absolute Gasteiger partial charge is 0.305 e. The average molecular weight is 913 g/mol. The van der Waals surface area contributed by atoms with Gasteiger partial charge in [-0.2, -0.15) is 0 Å². The summed E-state index contributed by atoms with van der Waals surface area (Å²) in [7, 11) is 0. The van der Waals surface area contributed by atoms with E-state index in [1.165, 1.54) is 20.8 Å². The molecule has 0 aliphatic carbocycles. The van der Waals surface area contributed by atoms with Gasteiger partial charge in [-0.1, -0.05) is 132 Å². The molecule has 0 saturated carbocycles. The van der Waals surface area contributed by atoms with Crippen LogP contribution in [0.1, 0.15) is 170 Å². The van der Waals surface area contributed by atoms with Crippen LogP contribution in [0.15, 0.2) is 72.9 Å². The number of unbranched alkanes of at least 4 members (excludes halogenated alkanes) is 10. The van der Waals surface area contributed by atoms with E-state index < -0.39 is 54.3 Å². The van der Waals surface area contributed by atoms with Gasteiger partial charge in [0.15, 0.2) is 12.4 Å². The van der Waals surface area contributed by atoms with Crippen molar-refractivity contribution in [3.63, 3.8) is 0 Å². The van der Waals surface area contributed by atoms with Crippen LogP contribution in [-0.4, -0.2) is 80.9 Å². The number of hydrogen-bond acceptors (Lipinski definition) is 12. The highest BCUT2D eigenvalue weighted by atomic mass is 16.7. The Morgan fingerprint density at radius 1 is 0.492 bits per heavy atom. The minimum atomic E-state index is -1.25. The molecule has 1 saturated heterocycles. The molecular formula is C53H84O12. The summed E-state index contributed by atoms with van der Waals surface area (Å²) in [4.78, 5) is 61.7. The van der Waals surface area contributed by atoms with Gasteiger partial charge in [0.25, 0.3) is 0 Å². The standard InChI is InChI=1S/C53H84O12/c1-7-9-11-13-15-17-19-21-23-25-27-29-31-33-35-37-49(57)60-39-47(40-61-50(58)38-36-34-32-30-28-26-24-22-20-18-16-14-12-10-8-2)41-62-53-52(64-46(6)56)51(63-45(5)55)43(3)48(65-53)42-59-44(4)54/h9-12,15-18,21-24,43,47-48,51-53H,7-8,13-14,19-20,25-42H2,1-6H3/b11-9-,12-10-,17-15-,18-16-,23-21-,24-22-/t43-,48-,51+,52-,53-/m1/s1. The molecule has 1 rings (SSSR count). The maximum atomic E-state index is 12.8. The molecule has 1 aliphatic heterocycles. The molecule has 368 valence electrons. The molecule has 0 amide bonds. The van der Waals surface area contributed by atoms with Crippen molar-refractivity contribution in [3.05, 3.63) is 72.9 Å². The van der Waals surface area contributed by atoms with Crippen LogP contribution in [0.5, 0.6) is 0 Å². The second kappa shape index (κ2) is 40.0. The summed E-state index contributed by atoms with van der Waals surface area (Å²) in [5, 5.41) is 0. The molecule has 1 aliphatic rings. The van der Waals surface area contributed by atoms with Crippen LogP contribution in [0.25, 0.3) is 0 Å². The molecule has 0 aromatic heterocycles. The van der Waals surface area contributed by atoms with Crippen LogP contribution in [0, 0.1) is 11.8 Å². The molecule has 1 fully saturated rings. The van der Waals surface area contributed by atoms with Crippen LogP contribution < -0.4 is 0 Å². The molecule has 0 unspecified atom stereocenters. The highest BCUT2D eigenvalue weighted by Gasteiger charge is 2.49. The van der Waals surface area contributed by atoms with Crippen LogP contribution in [0.2, 0.25) is 0 Å². The Kier molecular flexibility index (Phi) is 36.2. The molecule has 5 atom stereocenters. The first-order chi connectivity index (χ1) is 31.5. The van der Waals surface area contributed by atoms with E-state index in [1.54, 1.807) is 6.92 Å². The Balaban J connectivity index is 2.73. The van der Waals surface area contributed by atoms with Gasteiger partial charge in [-0.25, -0.2) is 0 Å². The molecule has 12 heteroatoms. The van der Waals surface area contributed by atoms with Gasteiger partial charge < -0.3 is 33.2 Å². The third-order valence-corrected chi connectivity index (χ3v) is 10.6. The van der Waals surface area contributed by atoms with Crippen molar-refractivity contribution >= 4 is 29.8 Å². The Labute approximate surface area is 391 Å². The van der Waals surface area contributed by atoms with E-state index >= 15 is 0 Å². The number of allylic oxidation sites excluding steroid dienone is 12. The van der Waals surface area contributed by atoms with Crippen molar-refractivity contribution in [1.29, 1.82) is 0 Å². The van der Waals surface area contributed by atoms with E-state index in [9.17, 15) is 24.0 Å². The van der Waals surface area contributed by atoms with Crippen LogP contribution in [0.3, 0.4) is 0 Å². The zero-order valence-corrected chi connectivity index (χ0v) is 40.8. The molecular weight excluding hydrogens is 829 g/mol. The van der Waals surface area contributed by atoms with E-state index in [1.807, 2.05) is 0 Å². The maximum Gasteiger partial charge on any atom is 0.305 e.